The van der Waals surface area contributed by atoms with Gasteiger partial charge in [-0.25, -0.2) is 4.39 Å². The second kappa shape index (κ2) is 4.10. The molecule has 0 aromatic heterocycles. The van der Waals surface area contributed by atoms with Crippen LogP contribution in [-0.2, 0) is 4.79 Å². The van der Waals surface area contributed by atoms with Crippen molar-refractivity contribution in [2.45, 2.75) is 17.4 Å². The predicted octanol–water partition coefficient (Wildman–Crippen LogP) is 2.19. The molecule has 0 saturated heterocycles. The van der Waals surface area contributed by atoms with Crippen LogP contribution >= 0.6 is 11.8 Å². The van der Waals surface area contributed by atoms with Gasteiger partial charge in [-0.15, -0.1) is 11.8 Å². The molecule has 0 bridgehead atoms. The normalized spacial score (nSPS) is 19.1. The number of carboxylic acid groups (broad SMARTS) is 1. The lowest BCUT2D eigenvalue weighted by atomic mass is 10.2. The fraction of sp³-hybridized carbons (Fsp3) is 0.300. The lowest BCUT2D eigenvalue weighted by molar-refractivity contribution is -0.137. The van der Waals surface area contributed by atoms with Crippen molar-refractivity contribution in [2.24, 2.45) is 0 Å². The average Bonchev–Trinajstić information content (AvgIpc) is 2.16. The smallest absolute Gasteiger partial charge is 0.305 e. The fourth-order valence-electron chi connectivity index (χ4n) is 1.51. The summed E-state index contributed by atoms with van der Waals surface area (Å²) in [5.41, 5.74) is 0.692. The molecular weight excluding hydrogens is 217 g/mol. The van der Waals surface area contributed by atoms with Crippen LogP contribution in [0.3, 0.4) is 0 Å². The minimum Gasteiger partial charge on any atom is -0.481 e. The first kappa shape index (κ1) is 10.3. The lowest BCUT2D eigenvalue weighted by Crippen LogP contribution is -2.28. The first-order valence-electron chi connectivity index (χ1n) is 4.56. The molecule has 1 aliphatic rings. The number of halogens is 1. The van der Waals surface area contributed by atoms with E-state index in [1.807, 2.05) is 0 Å². The molecule has 0 saturated carbocycles. The number of benzene rings is 1. The molecule has 0 fully saturated rings. The molecule has 15 heavy (non-hydrogen) atoms. The van der Waals surface area contributed by atoms with Crippen LogP contribution < -0.4 is 5.32 Å². The molecule has 1 heterocycles. The molecule has 3 nitrogen and oxygen atoms in total. The summed E-state index contributed by atoms with van der Waals surface area (Å²) < 4.78 is 12.9. The van der Waals surface area contributed by atoms with Crippen molar-refractivity contribution in [3.63, 3.8) is 0 Å². The number of carbonyl (C=O) groups is 1. The molecule has 5 heteroatoms. The number of aliphatic carboxylic acids is 1. The van der Waals surface area contributed by atoms with E-state index in [0.717, 1.165) is 4.90 Å². The summed E-state index contributed by atoms with van der Waals surface area (Å²) in [6.07, 6.45) is 0.0585. The highest BCUT2D eigenvalue weighted by molar-refractivity contribution is 7.99. The van der Waals surface area contributed by atoms with Gasteiger partial charge in [0.15, 0.2) is 0 Å². The number of thioether (sulfide) groups is 1. The Balaban J connectivity index is 2.14. The summed E-state index contributed by atoms with van der Waals surface area (Å²) in [6, 6.07) is 4.39. The molecule has 1 aromatic carbocycles. The van der Waals surface area contributed by atoms with E-state index >= 15 is 0 Å². The molecule has 2 rings (SSSR count). The molecule has 0 aliphatic carbocycles. The number of hydrogen-bond donors (Lipinski definition) is 2. The van der Waals surface area contributed by atoms with Crippen molar-refractivity contribution < 1.29 is 14.3 Å². The van der Waals surface area contributed by atoms with Gasteiger partial charge in [0.2, 0.25) is 0 Å². The Labute approximate surface area is 90.7 Å². The minimum atomic E-state index is -0.840. The topological polar surface area (TPSA) is 49.3 Å². The van der Waals surface area contributed by atoms with Gasteiger partial charge in [-0.1, -0.05) is 0 Å². The summed E-state index contributed by atoms with van der Waals surface area (Å²) in [6.45, 7) is 0. The maximum Gasteiger partial charge on any atom is 0.305 e. The molecule has 80 valence electrons. The van der Waals surface area contributed by atoms with Crippen LogP contribution in [0.1, 0.15) is 6.42 Å². The minimum absolute atomic E-state index is 0.0585. The number of nitrogens with one attached hydrogen (secondary N) is 1. The molecule has 1 unspecified atom stereocenters. The van der Waals surface area contributed by atoms with Crippen molar-refractivity contribution in [1.82, 2.24) is 0 Å². The zero-order valence-electron chi connectivity index (χ0n) is 7.87. The zero-order valence-corrected chi connectivity index (χ0v) is 8.68. The van der Waals surface area contributed by atoms with Crippen LogP contribution in [0.2, 0.25) is 0 Å². The number of anilines is 1. The van der Waals surface area contributed by atoms with E-state index in [1.165, 1.54) is 12.1 Å². The summed E-state index contributed by atoms with van der Waals surface area (Å²) >= 11 is 1.55. The summed E-state index contributed by atoms with van der Waals surface area (Å²) in [5, 5.41) is 11.7. The van der Waals surface area contributed by atoms with Crippen LogP contribution in [0.4, 0.5) is 10.1 Å². The van der Waals surface area contributed by atoms with Gasteiger partial charge in [-0.05, 0) is 18.2 Å². The van der Waals surface area contributed by atoms with Gasteiger partial charge in [-0.2, -0.15) is 0 Å². The zero-order chi connectivity index (χ0) is 10.8. The van der Waals surface area contributed by atoms with E-state index < -0.39 is 5.97 Å². The van der Waals surface area contributed by atoms with Gasteiger partial charge in [0.05, 0.1) is 12.1 Å². The van der Waals surface area contributed by atoms with Crippen LogP contribution in [0, 0.1) is 5.82 Å². The summed E-state index contributed by atoms with van der Waals surface area (Å²) in [7, 11) is 0. The van der Waals surface area contributed by atoms with Gasteiger partial charge < -0.3 is 10.4 Å². The van der Waals surface area contributed by atoms with Crippen molar-refractivity contribution in [3.05, 3.63) is 24.0 Å². The third kappa shape index (κ3) is 2.41. The van der Waals surface area contributed by atoms with Crippen LogP contribution in [0.5, 0.6) is 0 Å². The Morgan fingerprint density at radius 3 is 3.20 bits per heavy atom. The van der Waals surface area contributed by atoms with Gasteiger partial charge in [0, 0.05) is 16.7 Å². The van der Waals surface area contributed by atoms with Crippen molar-refractivity contribution >= 4 is 23.4 Å². The molecule has 1 atom stereocenters. The Kier molecular flexibility index (Phi) is 2.81. The summed E-state index contributed by atoms with van der Waals surface area (Å²) in [4.78, 5) is 11.5. The van der Waals surface area contributed by atoms with Crippen molar-refractivity contribution in [2.75, 3.05) is 11.1 Å². The third-order valence-corrected chi connectivity index (χ3v) is 3.40. The molecule has 0 radical (unpaired) electrons. The van der Waals surface area contributed by atoms with Gasteiger partial charge in [-0.3, -0.25) is 4.79 Å². The van der Waals surface area contributed by atoms with Crippen LogP contribution in [0.25, 0.3) is 0 Å². The monoisotopic (exact) mass is 227 g/mol. The second-order valence-corrected chi connectivity index (χ2v) is 4.45. The van der Waals surface area contributed by atoms with Gasteiger partial charge in [0.1, 0.15) is 5.82 Å². The van der Waals surface area contributed by atoms with Crippen molar-refractivity contribution in [3.8, 4) is 0 Å². The standard InChI is InChI=1S/C10H10FNO2S/c11-6-1-2-9-8(3-6)12-7(5-15-9)4-10(13)14/h1-3,7,12H,4-5H2,(H,13,14). The van der Waals surface area contributed by atoms with Crippen molar-refractivity contribution in [1.29, 1.82) is 0 Å². The quantitative estimate of drug-likeness (QED) is 0.813. The Bertz CT molecular complexity index is 397. The largest absolute Gasteiger partial charge is 0.481 e. The highest BCUT2D eigenvalue weighted by atomic mass is 32.2. The van der Waals surface area contributed by atoms with Gasteiger partial charge >= 0.3 is 5.97 Å². The molecule has 0 spiro atoms. The number of hydrogen-bond acceptors (Lipinski definition) is 3. The maximum absolute atomic E-state index is 12.9. The summed E-state index contributed by atoms with van der Waals surface area (Å²) in [5.74, 6) is -0.448. The molecule has 2 N–H and O–H groups in total. The van der Waals surface area contributed by atoms with E-state index in [0.29, 0.717) is 11.4 Å². The number of fused-ring (bicyclic) bond motifs is 1. The van der Waals surface area contributed by atoms with E-state index in [-0.39, 0.29) is 18.3 Å². The molecule has 1 aliphatic heterocycles. The average molecular weight is 227 g/mol. The number of rotatable bonds is 2. The Morgan fingerprint density at radius 1 is 1.67 bits per heavy atom. The third-order valence-electron chi connectivity index (χ3n) is 2.16. The number of carboxylic acids is 1. The highest BCUT2D eigenvalue weighted by Gasteiger charge is 2.20. The fourth-order valence-corrected chi connectivity index (χ4v) is 2.53. The second-order valence-electron chi connectivity index (χ2n) is 3.39. The van der Waals surface area contributed by atoms with Crippen LogP contribution in [0.15, 0.2) is 23.1 Å². The first-order valence-corrected chi connectivity index (χ1v) is 5.54. The van der Waals surface area contributed by atoms with Gasteiger partial charge in [0.25, 0.3) is 0 Å². The van der Waals surface area contributed by atoms with E-state index in [9.17, 15) is 9.18 Å². The van der Waals surface area contributed by atoms with E-state index in [2.05, 4.69) is 5.32 Å². The first-order chi connectivity index (χ1) is 7.15. The molecular formula is C10H10FNO2S. The van der Waals surface area contributed by atoms with E-state index in [1.54, 1.807) is 17.8 Å². The lowest BCUT2D eigenvalue weighted by Gasteiger charge is -2.25. The molecule has 0 amide bonds. The predicted molar refractivity (Wildman–Crippen MR) is 56.8 cm³/mol. The molecule has 1 aromatic rings. The SMILES string of the molecule is O=C(O)CC1CSc2ccc(F)cc2N1. The Hall–Kier alpha value is -1.23. The Morgan fingerprint density at radius 2 is 2.47 bits per heavy atom. The van der Waals surface area contributed by atoms with Crippen LogP contribution in [-0.4, -0.2) is 22.9 Å². The van der Waals surface area contributed by atoms with E-state index in [4.69, 9.17) is 5.11 Å². The maximum atomic E-state index is 12.9. The highest BCUT2D eigenvalue weighted by Crippen LogP contribution is 2.34.